The van der Waals surface area contributed by atoms with Crippen molar-refractivity contribution in [1.82, 2.24) is 4.98 Å². The molecule has 76 valence electrons. The zero-order valence-electron chi connectivity index (χ0n) is 8.60. The summed E-state index contributed by atoms with van der Waals surface area (Å²) in [6.45, 7) is 4.34. The van der Waals surface area contributed by atoms with Crippen LogP contribution in [-0.2, 0) is 0 Å². The molecule has 0 spiro atoms. The van der Waals surface area contributed by atoms with Gasteiger partial charge in [0.2, 0.25) is 0 Å². The Hall–Kier alpha value is -0.570. The molecule has 0 atom stereocenters. The number of aryl methyl sites for hydroxylation is 1. The summed E-state index contributed by atoms with van der Waals surface area (Å²) in [6.07, 6.45) is 5.67. The van der Waals surface area contributed by atoms with E-state index in [-0.39, 0.29) is 5.54 Å². The van der Waals surface area contributed by atoms with E-state index >= 15 is 0 Å². The molecule has 14 heavy (non-hydrogen) atoms. The highest BCUT2D eigenvalue weighted by Gasteiger charge is 2.32. The molecule has 1 aliphatic carbocycles. The van der Waals surface area contributed by atoms with Crippen molar-refractivity contribution >= 4 is 21.7 Å². The Bertz CT molecular complexity index is 345. The van der Waals surface area contributed by atoms with E-state index in [1.807, 2.05) is 12.3 Å². The number of nitrogens with zero attached hydrogens (tertiary/aromatic N) is 1. The minimum atomic E-state index is 0.267. The second-order valence-electron chi connectivity index (χ2n) is 4.33. The maximum Gasteiger partial charge on any atom is 0.140 e. The summed E-state index contributed by atoms with van der Waals surface area (Å²) in [7, 11) is 0. The maximum absolute atomic E-state index is 4.35. The fourth-order valence-electron chi connectivity index (χ4n) is 1.75. The largest absolute Gasteiger partial charge is 0.364 e. The van der Waals surface area contributed by atoms with Gasteiger partial charge in [0.1, 0.15) is 5.82 Å². The van der Waals surface area contributed by atoms with Crippen LogP contribution in [0.15, 0.2) is 16.7 Å². The predicted molar refractivity (Wildman–Crippen MR) is 62.6 cm³/mol. The number of rotatable bonds is 2. The lowest BCUT2D eigenvalue weighted by atomic mass is 9.78. The van der Waals surface area contributed by atoms with E-state index in [0.717, 1.165) is 10.3 Å². The first-order valence-corrected chi connectivity index (χ1v) is 5.79. The van der Waals surface area contributed by atoms with Gasteiger partial charge in [0.25, 0.3) is 0 Å². The van der Waals surface area contributed by atoms with Crippen LogP contribution in [0.1, 0.15) is 31.7 Å². The Kier molecular flexibility index (Phi) is 2.52. The third-order valence-electron chi connectivity index (χ3n) is 2.96. The van der Waals surface area contributed by atoms with Gasteiger partial charge in [-0.1, -0.05) is 0 Å². The average Bonchev–Trinajstić information content (AvgIpc) is 2.10. The van der Waals surface area contributed by atoms with Gasteiger partial charge >= 0.3 is 0 Å². The van der Waals surface area contributed by atoms with Crippen molar-refractivity contribution in [2.75, 3.05) is 5.32 Å². The molecular formula is C11H15BrN2. The number of nitrogens with one attached hydrogen (secondary N) is 1. The molecule has 1 aromatic heterocycles. The zero-order chi connectivity index (χ0) is 10.2. The molecule has 1 fully saturated rings. The topological polar surface area (TPSA) is 24.9 Å². The van der Waals surface area contributed by atoms with Crippen molar-refractivity contribution in [2.45, 2.75) is 38.6 Å². The highest BCUT2D eigenvalue weighted by molar-refractivity contribution is 9.10. The Morgan fingerprint density at radius 1 is 1.50 bits per heavy atom. The van der Waals surface area contributed by atoms with E-state index in [0.29, 0.717) is 0 Å². The highest BCUT2D eigenvalue weighted by atomic mass is 79.9. The second kappa shape index (κ2) is 3.54. The van der Waals surface area contributed by atoms with Crippen LogP contribution in [0.2, 0.25) is 0 Å². The molecule has 1 aliphatic rings. The van der Waals surface area contributed by atoms with Crippen LogP contribution in [0.4, 0.5) is 5.82 Å². The zero-order valence-corrected chi connectivity index (χ0v) is 10.2. The molecule has 1 saturated carbocycles. The normalized spacial score (nSPS) is 18.8. The first-order chi connectivity index (χ1) is 6.61. The van der Waals surface area contributed by atoms with Gasteiger partial charge in [-0.15, -0.1) is 0 Å². The quantitative estimate of drug-likeness (QED) is 0.874. The second-order valence-corrected chi connectivity index (χ2v) is 5.12. The van der Waals surface area contributed by atoms with Crippen LogP contribution >= 0.6 is 15.9 Å². The minimum absolute atomic E-state index is 0.267. The predicted octanol–water partition coefficient (Wildman–Crippen LogP) is 3.51. The summed E-state index contributed by atoms with van der Waals surface area (Å²) in [5, 5.41) is 3.51. The Morgan fingerprint density at radius 3 is 2.79 bits per heavy atom. The van der Waals surface area contributed by atoms with E-state index in [2.05, 4.69) is 40.1 Å². The lowest BCUT2D eigenvalue weighted by Gasteiger charge is -2.39. The van der Waals surface area contributed by atoms with Gasteiger partial charge in [-0.2, -0.15) is 0 Å². The number of pyridine rings is 1. The molecule has 0 unspecified atom stereocenters. The molecule has 0 radical (unpaired) electrons. The van der Waals surface area contributed by atoms with Crippen molar-refractivity contribution in [3.05, 3.63) is 22.3 Å². The third-order valence-corrected chi connectivity index (χ3v) is 3.96. The van der Waals surface area contributed by atoms with Crippen LogP contribution in [0.25, 0.3) is 0 Å². The molecule has 1 N–H and O–H groups in total. The molecule has 1 heterocycles. The fraction of sp³-hybridized carbons (Fsp3) is 0.545. The van der Waals surface area contributed by atoms with E-state index in [1.54, 1.807) is 0 Å². The van der Waals surface area contributed by atoms with E-state index in [4.69, 9.17) is 0 Å². The molecule has 0 aliphatic heterocycles. The van der Waals surface area contributed by atoms with Gasteiger partial charge in [0, 0.05) is 11.7 Å². The van der Waals surface area contributed by atoms with Gasteiger partial charge in [-0.3, -0.25) is 0 Å². The summed E-state index contributed by atoms with van der Waals surface area (Å²) < 4.78 is 1.09. The SMILES string of the molecule is Cc1ccnc(NC2(C)CCC2)c1Br. The summed E-state index contributed by atoms with van der Waals surface area (Å²) in [6, 6.07) is 2.01. The monoisotopic (exact) mass is 254 g/mol. The number of hydrogen-bond acceptors (Lipinski definition) is 2. The van der Waals surface area contributed by atoms with Crippen LogP contribution in [0, 0.1) is 6.92 Å². The van der Waals surface area contributed by atoms with E-state index in [9.17, 15) is 0 Å². The van der Waals surface area contributed by atoms with Crippen LogP contribution < -0.4 is 5.32 Å². The van der Waals surface area contributed by atoms with E-state index < -0.39 is 0 Å². The van der Waals surface area contributed by atoms with Gasteiger partial charge in [0.05, 0.1) is 4.47 Å². The van der Waals surface area contributed by atoms with Crippen LogP contribution in [0.5, 0.6) is 0 Å². The first kappa shape index (κ1) is 9.97. The van der Waals surface area contributed by atoms with Crippen LogP contribution in [0.3, 0.4) is 0 Å². The van der Waals surface area contributed by atoms with Crippen LogP contribution in [-0.4, -0.2) is 10.5 Å². The lowest BCUT2D eigenvalue weighted by Crippen LogP contribution is -2.42. The van der Waals surface area contributed by atoms with Gasteiger partial charge < -0.3 is 5.32 Å². The maximum atomic E-state index is 4.35. The molecule has 3 heteroatoms. The molecule has 0 aromatic carbocycles. The number of halogens is 1. The number of aromatic nitrogens is 1. The molecule has 0 amide bonds. The first-order valence-electron chi connectivity index (χ1n) is 5.00. The average molecular weight is 255 g/mol. The molecule has 2 nitrogen and oxygen atoms in total. The molecule has 0 bridgehead atoms. The minimum Gasteiger partial charge on any atom is -0.364 e. The molecule has 2 rings (SSSR count). The van der Waals surface area contributed by atoms with Crippen molar-refractivity contribution in [3.63, 3.8) is 0 Å². The highest BCUT2D eigenvalue weighted by Crippen LogP contribution is 2.36. The molecule has 0 saturated heterocycles. The molecule has 1 aromatic rings. The van der Waals surface area contributed by atoms with Crippen molar-refractivity contribution in [2.24, 2.45) is 0 Å². The Labute approximate surface area is 93.3 Å². The van der Waals surface area contributed by atoms with Crippen molar-refractivity contribution in [3.8, 4) is 0 Å². The summed E-state index contributed by atoms with van der Waals surface area (Å²) in [5.41, 5.74) is 1.49. The Morgan fingerprint density at radius 2 is 2.21 bits per heavy atom. The lowest BCUT2D eigenvalue weighted by molar-refractivity contribution is 0.305. The summed E-state index contributed by atoms with van der Waals surface area (Å²) in [4.78, 5) is 4.35. The third kappa shape index (κ3) is 1.78. The molecular weight excluding hydrogens is 240 g/mol. The van der Waals surface area contributed by atoms with Crippen molar-refractivity contribution in [1.29, 1.82) is 0 Å². The number of hydrogen-bond donors (Lipinski definition) is 1. The standard InChI is InChI=1S/C11H15BrN2/c1-8-4-7-13-10(9(8)12)14-11(2)5-3-6-11/h4,7H,3,5-6H2,1-2H3,(H,13,14). The van der Waals surface area contributed by atoms with E-state index in [1.165, 1.54) is 24.8 Å². The van der Waals surface area contributed by atoms with Gasteiger partial charge in [-0.25, -0.2) is 4.98 Å². The summed E-state index contributed by atoms with van der Waals surface area (Å²) in [5.74, 6) is 0.979. The van der Waals surface area contributed by atoms with Gasteiger partial charge in [-0.05, 0) is 60.7 Å². The number of anilines is 1. The fourth-order valence-corrected chi connectivity index (χ4v) is 2.08. The summed E-state index contributed by atoms with van der Waals surface area (Å²) >= 11 is 3.56. The van der Waals surface area contributed by atoms with Crippen molar-refractivity contribution < 1.29 is 0 Å². The Balaban J connectivity index is 2.20. The smallest absolute Gasteiger partial charge is 0.140 e. The van der Waals surface area contributed by atoms with Gasteiger partial charge in [0.15, 0.2) is 0 Å².